The van der Waals surface area contributed by atoms with Gasteiger partial charge in [-0.1, -0.05) is 0 Å². The molecule has 1 aliphatic rings. The maximum Gasteiger partial charge on any atom is 0.406 e. The standard InChI is InChI=1S/C15H29N5O4/c1-17-14(22)19-11-6-8-20(9-7-11)13(21)12(16)5-3-4-10-24-15(23)18-2/h11-12H,3-10,16H2,1-2H3,(H,18,23)(H2,17,19,22)/t12-/m1/s1. The van der Waals surface area contributed by atoms with Gasteiger partial charge in [0.05, 0.1) is 12.6 Å². The first kappa shape index (κ1) is 20.0. The molecule has 1 saturated heterocycles. The molecule has 0 saturated carbocycles. The van der Waals surface area contributed by atoms with Crippen LogP contribution in [0.3, 0.4) is 0 Å². The molecule has 1 fully saturated rings. The number of likely N-dealkylation sites (tertiary alicyclic amines) is 1. The summed E-state index contributed by atoms with van der Waals surface area (Å²) in [6, 6.07) is -0.643. The molecule has 138 valence electrons. The Balaban J connectivity index is 2.20. The average molecular weight is 343 g/mol. The summed E-state index contributed by atoms with van der Waals surface area (Å²) < 4.78 is 4.88. The fourth-order valence-corrected chi connectivity index (χ4v) is 2.56. The number of carbonyl (C=O) groups excluding carboxylic acids is 3. The molecule has 5 N–H and O–H groups in total. The highest BCUT2D eigenvalue weighted by Crippen LogP contribution is 2.13. The number of hydrogen-bond donors (Lipinski definition) is 4. The van der Waals surface area contributed by atoms with Crippen molar-refractivity contribution >= 4 is 18.0 Å². The predicted molar refractivity (Wildman–Crippen MR) is 89.4 cm³/mol. The summed E-state index contributed by atoms with van der Waals surface area (Å²) in [5.74, 6) is -0.0550. The molecule has 0 aromatic rings. The van der Waals surface area contributed by atoms with Crippen LogP contribution < -0.4 is 21.7 Å². The van der Waals surface area contributed by atoms with Gasteiger partial charge in [-0.3, -0.25) is 4.79 Å². The highest BCUT2D eigenvalue weighted by atomic mass is 16.5. The Labute approximate surface area is 142 Å². The van der Waals surface area contributed by atoms with Gasteiger partial charge in [0, 0.05) is 33.2 Å². The highest BCUT2D eigenvalue weighted by Gasteiger charge is 2.26. The molecule has 9 heteroatoms. The van der Waals surface area contributed by atoms with Crippen LogP contribution >= 0.6 is 0 Å². The predicted octanol–water partition coefficient (Wildman–Crippen LogP) is -0.240. The molecule has 0 radical (unpaired) electrons. The quantitative estimate of drug-likeness (QED) is 0.475. The summed E-state index contributed by atoms with van der Waals surface area (Å²) in [6.07, 6.45) is 2.96. The fraction of sp³-hybridized carbons (Fsp3) is 0.800. The minimum absolute atomic E-state index is 0.0550. The second kappa shape index (κ2) is 10.7. The maximum absolute atomic E-state index is 12.3. The molecule has 0 aliphatic carbocycles. The van der Waals surface area contributed by atoms with Crippen molar-refractivity contribution in [3.63, 3.8) is 0 Å². The average Bonchev–Trinajstić information content (AvgIpc) is 2.60. The minimum Gasteiger partial charge on any atom is -0.450 e. The third-order valence-corrected chi connectivity index (χ3v) is 4.03. The van der Waals surface area contributed by atoms with Gasteiger partial charge in [-0.15, -0.1) is 0 Å². The summed E-state index contributed by atoms with van der Waals surface area (Å²) in [4.78, 5) is 36.2. The summed E-state index contributed by atoms with van der Waals surface area (Å²) in [7, 11) is 3.08. The molecule has 0 spiro atoms. The van der Waals surface area contributed by atoms with Gasteiger partial charge in [0.25, 0.3) is 0 Å². The van der Waals surface area contributed by atoms with Crippen molar-refractivity contribution in [3.8, 4) is 0 Å². The summed E-state index contributed by atoms with van der Waals surface area (Å²) >= 11 is 0. The van der Waals surface area contributed by atoms with Crippen LogP contribution in [0.25, 0.3) is 0 Å². The Bertz CT molecular complexity index is 424. The highest BCUT2D eigenvalue weighted by molar-refractivity contribution is 5.81. The van der Waals surface area contributed by atoms with Crippen molar-refractivity contribution in [1.29, 1.82) is 0 Å². The molecule has 4 amide bonds. The molecule has 1 aliphatic heterocycles. The zero-order chi connectivity index (χ0) is 17.9. The van der Waals surface area contributed by atoms with Crippen LogP contribution in [0.1, 0.15) is 32.1 Å². The van der Waals surface area contributed by atoms with Crippen LogP contribution in [0.15, 0.2) is 0 Å². The van der Waals surface area contributed by atoms with E-state index in [1.54, 1.807) is 11.9 Å². The summed E-state index contributed by atoms with van der Waals surface area (Å²) in [5.41, 5.74) is 5.96. The molecule has 0 bridgehead atoms. The lowest BCUT2D eigenvalue weighted by Gasteiger charge is -2.33. The van der Waals surface area contributed by atoms with E-state index in [-0.39, 0.29) is 18.0 Å². The zero-order valence-corrected chi connectivity index (χ0v) is 14.5. The topological polar surface area (TPSA) is 126 Å². The van der Waals surface area contributed by atoms with Crippen LogP contribution in [-0.4, -0.2) is 68.8 Å². The SMILES string of the molecule is CNC(=O)NC1CCN(C(=O)[C@H](N)CCCCOC(=O)NC)CC1. The van der Waals surface area contributed by atoms with E-state index in [1.165, 1.54) is 7.05 Å². The Morgan fingerprint density at radius 1 is 1.17 bits per heavy atom. The van der Waals surface area contributed by atoms with Gasteiger partial charge in [-0.2, -0.15) is 0 Å². The number of unbranched alkanes of at least 4 members (excludes halogenated alkanes) is 1. The molecule has 1 rings (SSSR count). The van der Waals surface area contributed by atoms with Crippen molar-refractivity contribution in [2.45, 2.75) is 44.2 Å². The molecule has 24 heavy (non-hydrogen) atoms. The Morgan fingerprint density at radius 3 is 2.42 bits per heavy atom. The van der Waals surface area contributed by atoms with Gasteiger partial charge in [0.15, 0.2) is 0 Å². The van der Waals surface area contributed by atoms with Crippen molar-refractivity contribution in [3.05, 3.63) is 0 Å². The van der Waals surface area contributed by atoms with Gasteiger partial charge < -0.3 is 31.3 Å². The third-order valence-electron chi connectivity index (χ3n) is 4.03. The first-order chi connectivity index (χ1) is 11.5. The zero-order valence-electron chi connectivity index (χ0n) is 14.5. The molecular formula is C15H29N5O4. The molecule has 0 aromatic heterocycles. The van der Waals surface area contributed by atoms with E-state index in [4.69, 9.17) is 10.5 Å². The van der Waals surface area contributed by atoms with E-state index in [9.17, 15) is 14.4 Å². The van der Waals surface area contributed by atoms with Crippen LogP contribution in [0.5, 0.6) is 0 Å². The molecular weight excluding hydrogens is 314 g/mol. The van der Waals surface area contributed by atoms with Gasteiger partial charge in [-0.25, -0.2) is 9.59 Å². The fourth-order valence-electron chi connectivity index (χ4n) is 2.56. The number of carbonyl (C=O) groups is 3. The van der Waals surface area contributed by atoms with Crippen LogP contribution in [0.2, 0.25) is 0 Å². The van der Waals surface area contributed by atoms with E-state index >= 15 is 0 Å². The second-order valence-electron chi connectivity index (χ2n) is 5.81. The molecule has 0 unspecified atom stereocenters. The maximum atomic E-state index is 12.3. The number of nitrogens with two attached hydrogens (primary N) is 1. The lowest BCUT2D eigenvalue weighted by Crippen LogP contribution is -2.51. The number of nitrogens with one attached hydrogen (secondary N) is 3. The second-order valence-corrected chi connectivity index (χ2v) is 5.81. The Morgan fingerprint density at radius 2 is 1.83 bits per heavy atom. The molecule has 1 atom stereocenters. The number of amides is 4. The number of alkyl carbamates (subject to hydrolysis) is 1. The first-order valence-corrected chi connectivity index (χ1v) is 8.35. The lowest BCUT2D eigenvalue weighted by atomic mass is 10.0. The first-order valence-electron chi connectivity index (χ1n) is 8.35. The van der Waals surface area contributed by atoms with E-state index in [1.807, 2.05) is 0 Å². The van der Waals surface area contributed by atoms with Gasteiger partial charge in [0.2, 0.25) is 5.91 Å². The lowest BCUT2D eigenvalue weighted by molar-refractivity contribution is -0.133. The van der Waals surface area contributed by atoms with E-state index < -0.39 is 12.1 Å². The van der Waals surface area contributed by atoms with Crippen LogP contribution in [-0.2, 0) is 9.53 Å². The van der Waals surface area contributed by atoms with E-state index in [0.717, 1.165) is 19.3 Å². The third kappa shape index (κ3) is 7.03. The van der Waals surface area contributed by atoms with Crippen molar-refractivity contribution in [1.82, 2.24) is 20.9 Å². The number of ether oxygens (including phenoxy) is 1. The van der Waals surface area contributed by atoms with Crippen LogP contribution in [0.4, 0.5) is 9.59 Å². The Kier molecular flexibility index (Phi) is 8.92. The van der Waals surface area contributed by atoms with E-state index in [2.05, 4.69) is 16.0 Å². The van der Waals surface area contributed by atoms with Gasteiger partial charge in [0.1, 0.15) is 0 Å². The normalized spacial score (nSPS) is 16.2. The number of nitrogens with zero attached hydrogens (tertiary/aromatic N) is 1. The smallest absolute Gasteiger partial charge is 0.406 e. The van der Waals surface area contributed by atoms with Crippen LogP contribution in [0, 0.1) is 0 Å². The van der Waals surface area contributed by atoms with E-state index in [0.29, 0.717) is 32.5 Å². The van der Waals surface area contributed by atoms with Gasteiger partial charge >= 0.3 is 12.1 Å². The number of hydrogen-bond acceptors (Lipinski definition) is 5. The van der Waals surface area contributed by atoms with Crippen molar-refractivity contribution in [2.24, 2.45) is 5.73 Å². The summed E-state index contributed by atoms with van der Waals surface area (Å²) in [5, 5.41) is 7.74. The van der Waals surface area contributed by atoms with Crippen molar-refractivity contribution < 1.29 is 19.1 Å². The molecule has 0 aromatic carbocycles. The largest absolute Gasteiger partial charge is 0.450 e. The molecule has 1 heterocycles. The number of rotatable bonds is 7. The molecule has 9 nitrogen and oxygen atoms in total. The minimum atomic E-state index is -0.534. The van der Waals surface area contributed by atoms with Gasteiger partial charge in [-0.05, 0) is 32.1 Å². The number of urea groups is 1. The summed E-state index contributed by atoms with van der Waals surface area (Å²) in [6.45, 7) is 1.51. The monoisotopic (exact) mass is 343 g/mol. The van der Waals surface area contributed by atoms with Crippen molar-refractivity contribution in [2.75, 3.05) is 33.8 Å². The Hall–Kier alpha value is -2.03. The number of piperidine rings is 1.